The van der Waals surface area contributed by atoms with Crippen molar-refractivity contribution in [1.29, 1.82) is 0 Å². The van der Waals surface area contributed by atoms with Gasteiger partial charge in [0, 0.05) is 4.47 Å². The monoisotopic (exact) mass is 376 g/mol. The van der Waals surface area contributed by atoms with Gasteiger partial charge in [-0.1, -0.05) is 29.3 Å². The van der Waals surface area contributed by atoms with E-state index in [0.717, 1.165) is 6.07 Å². The maximum Gasteiger partial charge on any atom is 0.257 e. The van der Waals surface area contributed by atoms with Crippen molar-refractivity contribution in [3.05, 3.63) is 56.2 Å². The molecule has 3 N–H and O–H groups in total. The summed E-state index contributed by atoms with van der Waals surface area (Å²) in [6.07, 6.45) is 0. The van der Waals surface area contributed by atoms with E-state index in [1.807, 2.05) is 0 Å². The third kappa shape index (κ3) is 3.06. The molecule has 2 rings (SSSR count). The van der Waals surface area contributed by atoms with Crippen molar-refractivity contribution in [3.8, 4) is 0 Å². The molecular formula is C13H8BrCl2FN2O. The van der Waals surface area contributed by atoms with Gasteiger partial charge in [0.25, 0.3) is 5.91 Å². The normalized spacial score (nSPS) is 10.4. The van der Waals surface area contributed by atoms with Crippen molar-refractivity contribution < 1.29 is 9.18 Å². The molecule has 0 spiro atoms. The summed E-state index contributed by atoms with van der Waals surface area (Å²) < 4.78 is 13.5. The Hall–Kier alpha value is -1.30. The molecule has 2 aromatic carbocycles. The Morgan fingerprint density at radius 3 is 2.65 bits per heavy atom. The van der Waals surface area contributed by atoms with Crippen molar-refractivity contribution >= 4 is 56.4 Å². The molecular weight excluding hydrogens is 370 g/mol. The number of rotatable bonds is 2. The van der Waals surface area contributed by atoms with Crippen LogP contribution >= 0.6 is 39.1 Å². The van der Waals surface area contributed by atoms with Crippen molar-refractivity contribution in [2.75, 3.05) is 11.1 Å². The van der Waals surface area contributed by atoms with Gasteiger partial charge in [-0.3, -0.25) is 4.79 Å². The fourth-order valence-corrected chi connectivity index (χ4v) is 2.68. The van der Waals surface area contributed by atoms with E-state index in [1.165, 1.54) is 12.1 Å². The zero-order valence-corrected chi connectivity index (χ0v) is 13.0. The summed E-state index contributed by atoms with van der Waals surface area (Å²) in [7, 11) is 0. The third-order valence-electron chi connectivity index (χ3n) is 2.52. The zero-order valence-electron chi connectivity index (χ0n) is 9.88. The van der Waals surface area contributed by atoms with Crippen LogP contribution in [0.15, 0.2) is 34.8 Å². The van der Waals surface area contributed by atoms with E-state index < -0.39 is 11.7 Å². The lowest BCUT2D eigenvalue weighted by molar-refractivity contribution is 0.102. The van der Waals surface area contributed by atoms with Crippen LogP contribution in [0.3, 0.4) is 0 Å². The van der Waals surface area contributed by atoms with Crippen LogP contribution in [-0.4, -0.2) is 5.91 Å². The molecule has 0 bridgehead atoms. The van der Waals surface area contributed by atoms with Gasteiger partial charge in [0.1, 0.15) is 5.82 Å². The predicted molar refractivity (Wildman–Crippen MR) is 82.9 cm³/mol. The first-order chi connectivity index (χ1) is 9.40. The lowest BCUT2D eigenvalue weighted by Gasteiger charge is -2.11. The Bertz CT molecular complexity index is 671. The summed E-state index contributed by atoms with van der Waals surface area (Å²) in [6, 6.07) is 7.02. The van der Waals surface area contributed by atoms with Crippen molar-refractivity contribution in [1.82, 2.24) is 0 Å². The molecule has 0 aliphatic heterocycles. The van der Waals surface area contributed by atoms with E-state index in [9.17, 15) is 9.18 Å². The molecule has 2 aromatic rings. The second-order valence-corrected chi connectivity index (χ2v) is 5.55. The van der Waals surface area contributed by atoms with Crippen molar-refractivity contribution in [3.63, 3.8) is 0 Å². The predicted octanol–water partition coefficient (Wildman–Crippen LogP) is 4.73. The van der Waals surface area contributed by atoms with E-state index >= 15 is 0 Å². The fraction of sp³-hybridized carbons (Fsp3) is 0. The van der Waals surface area contributed by atoms with Gasteiger partial charge in [-0.2, -0.15) is 0 Å². The summed E-state index contributed by atoms with van der Waals surface area (Å²) in [4.78, 5) is 12.2. The van der Waals surface area contributed by atoms with Crippen LogP contribution in [0.25, 0.3) is 0 Å². The highest BCUT2D eigenvalue weighted by Crippen LogP contribution is 2.33. The minimum absolute atomic E-state index is 0.0743. The number of carbonyl (C=O) groups is 1. The van der Waals surface area contributed by atoms with Gasteiger partial charge >= 0.3 is 0 Å². The number of carbonyl (C=O) groups excluding carboxylic acids is 1. The van der Waals surface area contributed by atoms with Crippen LogP contribution in [0.4, 0.5) is 15.8 Å². The fourth-order valence-electron chi connectivity index (χ4n) is 1.57. The SMILES string of the molecule is Nc1cccc(C(=O)Nc2c(Cl)cc(F)cc2Br)c1Cl. The van der Waals surface area contributed by atoms with Gasteiger partial charge in [-0.15, -0.1) is 0 Å². The summed E-state index contributed by atoms with van der Waals surface area (Å²) in [6.45, 7) is 0. The molecule has 0 aromatic heterocycles. The number of nitrogens with two attached hydrogens (primary N) is 1. The number of anilines is 2. The zero-order chi connectivity index (χ0) is 14.9. The standard InChI is InChI=1S/C13H8BrCl2FN2O/c14-8-4-6(17)5-9(15)12(8)19-13(20)7-2-1-3-10(18)11(7)16/h1-5H,18H2,(H,19,20). The number of amides is 1. The lowest BCUT2D eigenvalue weighted by Crippen LogP contribution is -2.14. The Morgan fingerprint density at radius 1 is 1.30 bits per heavy atom. The topological polar surface area (TPSA) is 55.1 Å². The van der Waals surface area contributed by atoms with E-state index in [4.69, 9.17) is 28.9 Å². The second-order valence-electron chi connectivity index (χ2n) is 3.91. The van der Waals surface area contributed by atoms with Gasteiger partial charge in [0.15, 0.2) is 0 Å². The molecule has 0 aliphatic rings. The average Bonchev–Trinajstić information content (AvgIpc) is 2.36. The van der Waals surface area contributed by atoms with Gasteiger partial charge < -0.3 is 11.1 Å². The molecule has 0 aliphatic carbocycles. The van der Waals surface area contributed by atoms with E-state index in [1.54, 1.807) is 12.1 Å². The molecule has 0 fully saturated rings. The first-order valence-corrected chi connectivity index (χ1v) is 6.95. The van der Waals surface area contributed by atoms with Crippen LogP contribution in [0, 0.1) is 5.82 Å². The Kier molecular flexibility index (Phi) is 4.52. The summed E-state index contributed by atoms with van der Waals surface area (Å²) in [5.74, 6) is -1.00. The largest absolute Gasteiger partial charge is 0.398 e. The Labute approximate surface area is 133 Å². The summed E-state index contributed by atoms with van der Waals surface area (Å²) >= 11 is 15.0. The van der Waals surface area contributed by atoms with E-state index in [2.05, 4.69) is 21.2 Å². The molecule has 20 heavy (non-hydrogen) atoms. The average molecular weight is 378 g/mol. The van der Waals surface area contributed by atoms with E-state index in [0.29, 0.717) is 10.2 Å². The highest BCUT2D eigenvalue weighted by Gasteiger charge is 2.16. The van der Waals surface area contributed by atoms with Crippen LogP contribution in [-0.2, 0) is 0 Å². The maximum atomic E-state index is 13.1. The highest BCUT2D eigenvalue weighted by molar-refractivity contribution is 9.10. The number of halogens is 4. The number of benzene rings is 2. The van der Waals surface area contributed by atoms with Crippen molar-refractivity contribution in [2.24, 2.45) is 0 Å². The second kappa shape index (κ2) is 5.99. The van der Waals surface area contributed by atoms with Gasteiger partial charge in [-0.25, -0.2) is 4.39 Å². The molecule has 0 atom stereocenters. The molecule has 7 heteroatoms. The smallest absolute Gasteiger partial charge is 0.257 e. The quantitative estimate of drug-likeness (QED) is 0.743. The molecule has 0 saturated carbocycles. The number of hydrogen-bond donors (Lipinski definition) is 2. The van der Waals surface area contributed by atoms with Gasteiger partial charge in [0.2, 0.25) is 0 Å². The van der Waals surface area contributed by atoms with Crippen LogP contribution in [0.1, 0.15) is 10.4 Å². The number of nitrogen functional groups attached to an aromatic ring is 1. The lowest BCUT2D eigenvalue weighted by atomic mass is 10.2. The first kappa shape index (κ1) is 15.1. The van der Waals surface area contributed by atoms with E-state index in [-0.39, 0.29) is 21.3 Å². The van der Waals surface area contributed by atoms with Gasteiger partial charge in [0.05, 0.1) is 27.0 Å². The Balaban J connectivity index is 2.36. The molecule has 104 valence electrons. The van der Waals surface area contributed by atoms with Crippen LogP contribution < -0.4 is 11.1 Å². The summed E-state index contributed by atoms with van der Waals surface area (Å²) in [5.41, 5.74) is 6.40. The highest BCUT2D eigenvalue weighted by atomic mass is 79.9. The number of nitrogens with one attached hydrogen (secondary N) is 1. The molecule has 0 heterocycles. The third-order valence-corrected chi connectivity index (χ3v) is 3.86. The van der Waals surface area contributed by atoms with Crippen LogP contribution in [0.2, 0.25) is 10.0 Å². The van der Waals surface area contributed by atoms with Gasteiger partial charge in [-0.05, 0) is 40.2 Å². The van der Waals surface area contributed by atoms with Crippen molar-refractivity contribution in [2.45, 2.75) is 0 Å². The molecule has 0 saturated heterocycles. The van der Waals surface area contributed by atoms with Crippen LogP contribution in [0.5, 0.6) is 0 Å². The summed E-state index contributed by atoms with van der Waals surface area (Å²) in [5, 5.41) is 2.79. The first-order valence-electron chi connectivity index (χ1n) is 5.40. The number of hydrogen-bond acceptors (Lipinski definition) is 2. The molecule has 0 unspecified atom stereocenters. The molecule has 3 nitrogen and oxygen atoms in total. The molecule has 1 amide bonds. The molecule has 0 radical (unpaired) electrons. The maximum absolute atomic E-state index is 13.1. The minimum atomic E-state index is -0.512. The minimum Gasteiger partial charge on any atom is -0.398 e. The Morgan fingerprint density at radius 2 is 2.00 bits per heavy atom.